The first-order valence-electron chi connectivity index (χ1n) is 4.69. The Balaban J connectivity index is 3.35. The summed E-state index contributed by atoms with van der Waals surface area (Å²) in [7, 11) is 1.12. The van der Waals surface area contributed by atoms with Crippen molar-refractivity contribution in [1.82, 2.24) is 0 Å². The van der Waals surface area contributed by atoms with Crippen LogP contribution in [0.3, 0.4) is 0 Å². The Bertz CT molecular complexity index is 500. The molecule has 0 radical (unpaired) electrons. The lowest BCUT2D eigenvalue weighted by atomic mass is 10.0. The van der Waals surface area contributed by atoms with Gasteiger partial charge in [0.05, 0.1) is 24.1 Å². The van der Waals surface area contributed by atoms with E-state index in [0.29, 0.717) is 0 Å². The van der Waals surface area contributed by atoms with Crippen molar-refractivity contribution < 1.29 is 23.0 Å². The minimum absolute atomic E-state index is 0.0147. The number of esters is 1. The van der Waals surface area contributed by atoms with Gasteiger partial charge in [0.2, 0.25) is 0 Å². The molecular weight excluding hydrogens is 268 g/mol. The minimum Gasteiger partial charge on any atom is -0.465 e. The highest BCUT2D eigenvalue weighted by Gasteiger charge is 2.18. The summed E-state index contributed by atoms with van der Waals surface area (Å²) in [5.74, 6) is -1.19. The van der Waals surface area contributed by atoms with Gasteiger partial charge >= 0.3 is 12.6 Å². The number of nitriles is 1. The molecule has 0 heterocycles. The van der Waals surface area contributed by atoms with Crippen molar-refractivity contribution in [2.24, 2.45) is 0 Å². The summed E-state index contributed by atoms with van der Waals surface area (Å²) >= 11 is 5.56. The fourth-order valence-electron chi connectivity index (χ4n) is 1.31. The maximum absolute atomic E-state index is 12.2. The van der Waals surface area contributed by atoms with Crippen molar-refractivity contribution in [2.45, 2.75) is 12.5 Å². The number of hydrogen-bond acceptors (Lipinski definition) is 4. The summed E-state index contributed by atoms with van der Waals surface area (Å²) in [5, 5.41) is 8.87. The molecule has 0 amide bonds. The van der Waals surface area contributed by atoms with Gasteiger partial charge in [0, 0.05) is 5.56 Å². The van der Waals surface area contributed by atoms with E-state index in [9.17, 15) is 13.6 Å². The number of benzene rings is 1. The van der Waals surface area contributed by atoms with Crippen LogP contribution in [0.25, 0.3) is 0 Å². The van der Waals surface area contributed by atoms with Gasteiger partial charge in [0.15, 0.2) is 0 Å². The maximum atomic E-state index is 12.2. The largest absolute Gasteiger partial charge is 0.465 e. The van der Waals surface area contributed by atoms with E-state index in [1.807, 2.05) is 0 Å². The molecule has 0 saturated carbocycles. The predicted octanol–water partition coefficient (Wildman–Crippen LogP) is 2.69. The molecule has 0 atom stereocenters. The zero-order valence-electron chi connectivity index (χ0n) is 9.25. The van der Waals surface area contributed by atoms with Crippen LogP contribution in [-0.4, -0.2) is 19.7 Å². The van der Waals surface area contributed by atoms with Crippen molar-refractivity contribution in [2.75, 3.05) is 7.11 Å². The van der Waals surface area contributed by atoms with E-state index in [4.69, 9.17) is 16.9 Å². The van der Waals surface area contributed by atoms with Crippen molar-refractivity contribution in [1.29, 1.82) is 5.26 Å². The second-order valence-corrected chi connectivity index (χ2v) is 3.39. The first-order chi connectivity index (χ1) is 8.53. The zero-order valence-corrected chi connectivity index (χ0v) is 10.0. The highest BCUT2D eigenvalue weighted by molar-refractivity contribution is 6.17. The molecule has 0 fully saturated rings. The Hall–Kier alpha value is -1.87. The van der Waals surface area contributed by atoms with Gasteiger partial charge in [-0.05, 0) is 12.1 Å². The van der Waals surface area contributed by atoms with Crippen molar-refractivity contribution in [3.05, 3.63) is 28.8 Å². The molecule has 18 heavy (non-hydrogen) atoms. The minimum atomic E-state index is -3.05. The van der Waals surface area contributed by atoms with Gasteiger partial charge in [-0.15, -0.1) is 11.6 Å². The number of carbonyl (C=O) groups is 1. The van der Waals surface area contributed by atoms with Crippen molar-refractivity contribution >= 4 is 17.6 Å². The van der Waals surface area contributed by atoms with Crippen LogP contribution < -0.4 is 4.74 Å². The Morgan fingerprint density at radius 2 is 2.22 bits per heavy atom. The molecule has 7 heteroatoms. The molecule has 0 aliphatic carbocycles. The van der Waals surface area contributed by atoms with Crippen molar-refractivity contribution in [3.8, 4) is 11.8 Å². The molecule has 96 valence electrons. The molecule has 4 nitrogen and oxygen atoms in total. The molecule has 0 aliphatic heterocycles. The molecular formula is C11H8ClF2NO3. The summed E-state index contributed by atoms with van der Waals surface area (Å²) < 4.78 is 33.1. The molecule has 0 N–H and O–H groups in total. The zero-order chi connectivity index (χ0) is 13.7. The highest BCUT2D eigenvalue weighted by atomic mass is 35.5. The second-order valence-electron chi connectivity index (χ2n) is 3.12. The monoisotopic (exact) mass is 275 g/mol. The number of hydrogen-bond donors (Lipinski definition) is 0. The van der Waals surface area contributed by atoms with Crippen LogP contribution >= 0.6 is 11.6 Å². The predicted molar refractivity (Wildman–Crippen MR) is 58.7 cm³/mol. The van der Waals surface area contributed by atoms with E-state index in [1.165, 1.54) is 6.07 Å². The Kier molecular flexibility index (Phi) is 4.86. The number of rotatable bonds is 4. The molecule has 0 saturated heterocycles. The van der Waals surface area contributed by atoms with E-state index in [-0.39, 0.29) is 28.3 Å². The molecule has 0 spiro atoms. The Morgan fingerprint density at radius 3 is 2.67 bits per heavy atom. The summed E-state index contributed by atoms with van der Waals surface area (Å²) in [5.41, 5.74) is 0.0322. The van der Waals surface area contributed by atoms with Crippen LogP contribution in [0.4, 0.5) is 8.78 Å². The molecule has 1 aromatic carbocycles. The fourth-order valence-corrected chi connectivity index (χ4v) is 1.51. The standard InChI is InChI=1S/C11H8ClF2NO3/c1-17-10(16)8-3-9(18-11(13)14)6(4-12)2-7(8)5-15/h2-3,11H,4H2,1H3. The van der Waals surface area contributed by atoms with Crippen LogP contribution in [0.15, 0.2) is 12.1 Å². The van der Waals surface area contributed by atoms with E-state index in [2.05, 4.69) is 9.47 Å². The molecule has 0 unspecified atom stereocenters. The third-order valence-corrected chi connectivity index (χ3v) is 2.37. The van der Waals surface area contributed by atoms with Gasteiger partial charge < -0.3 is 9.47 Å². The molecule has 0 aliphatic rings. The number of carbonyl (C=O) groups excluding carboxylic acids is 1. The fraction of sp³-hybridized carbons (Fsp3) is 0.273. The average molecular weight is 276 g/mol. The molecule has 1 rings (SSSR count). The maximum Gasteiger partial charge on any atom is 0.387 e. The summed E-state index contributed by atoms with van der Waals surface area (Å²) in [6.07, 6.45) is 0. The van der Waals surface area contributed by atoms with Gasteiger partial charge in [-0.25, -0.2) is 4.79 Å². The quantitative estimate of drug-likeness (QED) is 0.626. The van der Waals surface area contributed by atoms with E-state index < -0.39 is 12.6 Å². The van der Waals surface area contributed by atoms with Gasteiger partial charge in [0.1, 0.15) is 11.8 Å². The molecule has 1 aromatic rings. The number of halogens is 3. The van der Waals surface area contributed by atoms with Crippen LogP contribution in [0.5, 0.6) is 5.75 Å². The van der Waals surface area contributed by atoms with Gasteiger partial charge in [-0.3, -0.25) is 0 Å². The van der Waals surface area contributed by atoms with E-state index in [1.54, 1.807) is 6.07 Å². The number of nitrogens with zero attached hydrogens (tertiary/aromatic N) is 1. The SMILES string of the molecule is COC(=O)c1cc(OC(F)F)c(CCl)cc1C#N. The third-order valence-electron chi connectivity index (χ3n) is 2.09. The number of ether oxygens (including phenoxy) is 2. The lowest BCUT2D eigenvalue weighted by Crippen LogP contribution is -2.09. The van der Waals surface area contributed by atoms with Gasteiger partial charge in [0.25, 0.3) is 0 Å². The summed E-state index contributed by atoms with van der Waals surface area (Å²) in [4.78, 5) is 11.4. The average Bonchev–Trinajstić information content (AvgIpc) is 2.36. The van der Waals surface area contributed by atoms with Crippen molar-refractivity contribution in [3.63, 3.8) is 0 Å². The normalized spacial score (nSPS) is 10.0. The van der Waals surface area contributed by atoms with E-state index >= 15 is 0 Å². The highest BCUT2D eigenvalue weighted by Crippen LogP contribution is 2.27. The third kappa shape index (κ3) is 3.08. The molecule has 0 bridgehead atoms. The van der Waals surface area contributed by atoms with Gasteiger partial charge in [-0.2, -0.15) is 14.0 Å². The summed E-state index contributed by atoms with van der Waals surface area (Å²) in [6, 6.07) is 4.00. The van der Waals surface area contributed by atoms with Crippen LogP contribution in [0.1, 0.15) is 21.5 Å². The van der Waals surface area contributed by atoms with E-state index in [0.717, 1.165) is 13.2 Å². The topological polar surface area (TPSA) is 59.3 Å². The molecule has 0 aromatic heterocycles. The van der Waals surface area contributed by atoms with Crippen LogP contribution in [-0.2, 0) is 10.6 Å². The van der Waals surface area contributed by atoms with Gasteiger partial charge in [-0.1, -0.05) is 0 Å². The first kappa shape index (κ1) is 14.2. The smallest absolute Gasteiger partial charge is 0.387 e. The number of alkyl halides is 3. The number of methoxy groups -OCH3 is 1. The lowest BCUT2D eigenvalue weighted by Gasteiger charge is -2.11. The van der Waals surface area contributed by atoms with Crippen LogP contribution in [0, 0.1) is 11.3 Å². The Morgan fingerprint density at radius 1 is 1.56 bits per heavy atom. The first-order valence-corrected chi connectivity index (χ1v) is 5.23. The Labute approximate surface area is 107 Å². The lowest BCUT2D eigenvalue weighted by molar-refractivity contribution is -0.0504. The second kappa shape index (κ2) is 6.17. The summed E-state index contributed by atoms with van der Waals surface area (Å²) in [6.45, 7) is -3.05. The van der Waals surface area contributed by atoms with Crippen LogP contribution in [0.2, 0.25) is 0 Å².